The first-order valence-electron chi connectivity index (χ1n) is 7.69. The van der Waals surface area contributed by atoms with E-state index >= 15 is 0 Å². The monoisotopic (exact) mass is 339 g/mol. The second-order valence-corrected chi connectivity index (χ2v) is 9.46. The molecule has 7 heteroatoms. The summed E-state index contributed by atoms with van der Waals surface area (Å²) in [6.45, 7) is 11.7. The molecule has 2 rings (SSSR count). The summed E-state index contributed by atoms with van der Waals surface area (Å²) in [7, 11) is -3.70. The number of rotatable bonds is 4. The normalized spacial score (nSPS) is 20.7. The average Bonchev–Trinajstić information content (AvgIpc) is 2.56. The van der Waals surface area contributed by atoms with Crippen LogP contribution in [0.3, 0.4) is 0 Å². The van der Waals surface area contributed by atoms with Crippen molar-refractivity contribution in [3.05, 3.63) is 29.8 Å². The van der Waals surface area contributed by atoms with E-state index < -0.39 is 22.7 Å². The molecule has 1 N–H and O–H groups in total. The van der Waals surface area contributed by atoms with Gasteiger partial charge in [-0.2, -0.15) is 0 Å². The zero-order chi connectivity index (χ0) is 17.7. The lowest BCUT2D eigenvalue weighted by atomic mass is 9.78. The van der Waals surface area contributed by atoms with Gasteiger partial charge < -0.3 is 9.31 Å². The molecule has 0 aliphatic carbocycles. The van der Waals surface area contributed by atoms with Gasteiger partial charge in [-0.25, -0.2) is 13.1 Å². The maximum Gasteiger partial charge on any atom is 0.494 e. The van der Waals surface area contributed by atoms with Gasteiger partial charge in [0.1, 0.15) is 0 Å². The van der Waals surface area contributed by atoms with Crippen LogP contribution in [0.5, 0.6) is 0 Å². The molecule has 0 radical (unpaired) electrons. The largest absolute Gasteiger partial charge is 0.494 e. The predicted molar refractivity (Wildman–Crippen MR) is 93.2 cm³/mol. The summed E-state index contributed by atoms with van der Waals surface area (Å²) in [5.41, 5.74) is 0.355. The minimum absolute atomic E-state index is 0.381. The van der Waals surface area contributed by atoms with Crippen molar-refractivity contribution in [1.82, 2.24) is 4.72 Å². The van der Waals surface area contributed by atoms with Crippen LogP contribution in [0.4, 0.5) is 0 Å². The fourth-order valence-electron chi connectivity index (χ4n) is 2.56. The molecule has 0 bridgehead atoms. The zero-order valence-corrected chi connectivity index (χ0v) is 15.7. The fourth-order valence-corrected chi connectivity index (χ4v) is 3.60. The molecule has 0 spiro atoms. The highest BCUT2D eigenvalue weighted by Gasteiger charge is 2.51. The average molecular weight is 339 g/mol. The molecule has 1 fully saturated rings. The number of hydrogen-bond acceptors (Lipinski definition) is 4. The molecule has 1 aromatic carbocycles. The Balaban J connectivity index is 2.21. The molecular weight excluding hydrogens is 313 g/mol. The molecular formula is C16H26BNO4S. The Morgan fingerprint density at radius 3 is 1.83 bits per heavy atom. The third-order valence-electron chi connectivity index (χ3n) is 4.60. The minimum atomic E-state index is -3.29. The van der Waals surface area contributed by atoms with Crippen molar-refractivity contribution in [2.45, 2.75) is 58.3 Å². The van der Waals surface area contributed by atoms with Gasteiger partial charge in [-0.05, 0) is 52.6 Å². The molecule has 128 valence electrons. The quantitative estimate of drug-likeness (QED) is 0.849. The van der Waals surface area contributed by atoms with E-state index in [-0.39, 0.29) is 11.2 Å². The summed E-state index contributed by atoms with van der Waals surface area (Å²) in [5, 5.41) is 0. The Labute approximate surface area is 140 Å². The molecule has 0 saturated carbocycles. The van der Waals surface area contributed by atoms with Gasteiger partial charge in [0.05, 0.1) is 23.0 Å². The molecule has 0 unspecified atom stereocenters. The standard InChI is InChI=1S/C16H26BNO4S/c1-14(2,18-23(7,19)20)12-8-10-13(11-9-12)17-21-15(3,4)16(5,6)22-17/h8-11,18H,1-7H3. The second kappa shape index (κ2) is 5.58. The smallest absolute Gasteiger partial charge is 0.399 e. The van der Waals surface area contributed by atoms with Gasteiger partial charge in [-0.3, -0.25) is 0 Å². The summed E-state index contributed by atoms with van der Waals surface area (Å²) in [5.74, 6) is 0. The first-order valence-corrected chi connectivity index (χ1v) is 9.58. The zero-order valence-electron chi connectivity index (χ0n) is 14.9. The van der Waals surface area contributed by atoms with Crippen LogP contribution in [-0.4, -0.2) is 33.0 Å². The molecule has 5 nitrogen and oxygen atoms in total. The molecule has 0 atom stereocenters. The van der Waals surface area contributed by atoms with Gasteiger partial charge in [-0.1, -0.05) is 24.3 Å². The number of hydrogen-bond donors (Lipinski definition) is 1. The van der Waals surface area contributed by atoms with Crippen LogP contribution in [0.25, 0.3) is 0 Å². The molecule has 0 amide bonds. The lowest BCUT2D eigenvalue weighted by Gasteiger charge is -2.32. The molecule has 1 heterocycles. The Morgan fingerprint density at radius 1 is 1.00 bits per heavy atom. The van der Waals surface area contributed by atoms with Crippen LogP contribution in [-0.2, 0) is 24.9 Å². The SMILES string of the molecule is CC(C)(NS(C)(=O)=O)c1ccc(B2OC(C)(C)C(C)(C)O2)cc1. The van der Waals surface area contributed by atoms with Crippen molar-refractivity contribution in [2.24, 2.45) is 0 Å². The van der Waals surface area contributed by atoms with Crippen LogP contribution < -0.4 is 10.2 Å². The molecule has 1 saturated heterocycles. The molecule has 1 aromatic rings. The first-order chi connectivity index (χ1) is 10.2. The summed E-state index contributed by atoms with van der Waals surface area (Å²) >= 11 is 0. The summed E-state index contributed by atoms with van der Waals surface area (Å²) < 4.78 is 37.7. The van der Waals surface area contributed by atoms with Gasteiger partial charge in [-0.15, -0.1) is 0 Å². The number of benzene rings is 1. The fraction of sp³-hybridized carbons (Fsp3) is 0.625. The van der Waals surface area contributed by atoms with Crippen LogP contribution in [0, 0.1) is 0 Å². The third-order valence-corrected chi connectivity index (χ3v) is 5.48. The Kier molecular flexibility index (Phi) is 4.48. The maximum atomic E-state index is 11.5. The third kappa shape index (κ3) is 3.96. The minimum Gasteiger partial charge on any atom is -0.399 e. The number of nitrogens with one attached hydrogen (secondary N) is 1. The van der Waals surface area contributed by atoms with E-state index in [0.29, 0.717) is 0 Å². The van der Waals surface area contributed by atoms with E-state index in [0.717, 1.165) is 17.3 Å². The van der Waals surface area contributed by atoms with Crippen LogP contribution in [0.1, 0.15) is 47.1 Å². The molecule has 0 aromatic heterocycles. The van der Waals surface area contributed by atoms with Crippen LogP contribution >= 0.6 is 0 Å². The summed E-state index contributed by atoms with van der Waals surface area (Å²) in [6.07, 6.45) is 1.16. The van der Waals surface area contributed by atoms with Crippen molar-refractivity contribution in [2.75, 3.05) is 6.26 Å². The molecule has 1 aliphatic rings. The Bertz CT molecular complexity index is 665. The van der Waals surface area contributed by atoms with Crippen molar-refractivity contribution >= 4 is 22.6 Å². The molecule has 23 heavy (non-hydrogen) atoms. The lowest BCUT2D eigenvalue weighted by Crippen LogP contribution is -2.41. The van der Waals surface area contributed by atoms with E-state index in [2.05, 4.69) is 4.72 Å². The summed E-state index contributed by atoms with van der Waals surface area (Å²) in [4.78, 5) is 0. The van der Waals surface area contributed by atoms with Gasteiger partial charge in [0, 0.05) is 0 Å². The van der Waals surface area contributed by atoms with E-state index in [4.69, 9.17) is 9.31 Å². The number of sulfonamides is 1. The molecule has 1 aliphatic heterocycles. The lowest BCUT2D eigenvalue weighted by molar-refractivity contribution is 0.00578. The van der Waals surface area contributed by atoms with Crippen LogP contribution in [0.2, 0.25) is 0 Å². The van der Waals surface area contributed by atoms with E-state index in [1.807, 2.05) is 65.8 Å². The van der Waals surface area contributed by atoms with Crippen molar-refractivity contribution in [3.63, 3.8) is 0 Å². The van der Waals surface area contributed by atoms with E-state index in [1.54, 1.807) is 0 Å². The summed E-state index contributed by atoms with van der Waals surface area (Å²) in [6, 6.07) is 7.64. The van der Waals surface area contributed by atoms with Crippen molar-refractivity contribution in [1.29, 1.82) is 0 Å². The van der Waals surface area contributed by atoms with Crippen molar-refractivity contribution < 1.29 is 17.7 Å². The highest BCUT2D eigenvalue weighted by molar-refractivity contribution is 7.88. The highest BCUT2D eigenvalue weighted by Crippen LogP contribution is 2.36. The van der Waals surface area contributed by atoms with Gasteiger partial charge in [0.15, 0.2) is 0 Å². The Morgan fingerprint density at radius 2 is 1.43 bits per heavy atom. The van der Waals surface area contributed by atoms with Crippen LogP contribution in [0.15, 0.2) is 24.3 Å². The van der Waals surface area contributed by atoms with Crippen molar-refractivity contribution in [3.8, 4) is 0 Å². The van der Waals surface area contributed by atoms with E-state index in [9.17, 15) is 8.42 Å². The Hall–Kier alpha value is -0.885. The van der Waals surface area contributed by atoms with Gasteiger partial charge in [0.2, 0.25) is 10.0 Å². The second-order valence-electron chi connectivity index (χ2n) is 7.71. The topological polar surface area (TPSA) is 64.6 Å². The van der Waals surface area contributed by atoms with Gasteiger partial charge in [0.25, 0.3) is 0 Å². The van der Waals surface area contributed by atoms with E-state index in [1.165, 1.54) is 0 Å². The van der Waals surface area contributed by atoms with Gasteiger partial charge >= 0.3 is 7.12 Å². The maximum absolute atomic E-state index is 11.5. The predicted octanol–water partition coefficient (Wildman–Crippen LogP) is 1.77. The highest BCUT2D eigenvalue weighted by atomic mass is 32.2. The first kappa shape index (κ1) is 18.5.